The standard InChI is InChI=1S/C14H24N2O/c1-5-11(15)13(17-14(3,4)6-2)12-9-7-8-10-16-12/h7-11,13H,5-6,15H2,1-4H3. The van der Waals surface area contributed by atoms with E-state index in [1.807, 2.05) is 18.2 Å². The third-order valence-electron chi connectivity index (χ3n) is 3.14. The molecule has 2 N–H and O–H groups in total. The van der Waals surface area contributed by atoms with Gasteiger partial charge in [0.25, 0.3) is 0 Å². The van der Waals surface area contributed by atoms with Crippen LogP contribution in [0.3, 0.4) is 0 Å². The second kappa shape index (κ2) is 6.12. The number of rotatable bonds is 6. The maximum absolute atomic E-state index is 6.15. The Hall–Kier alpha value is -0.930. The highest BCUT2D eigenvalue weighted by Gasteiger charge is 2.27. The van der Waals surface area contributed by atoms with Crippen molar-refractivity contribution in [3.63, 3.8) is 0 Å². The minimum Gasteiger partial charge on any atom is -0.364 e. The zero-order valence-corrected chi connectivity index (χ0v) is 11.3. The minimum atomic E-state index is -0.172. The Morgan fingerprint density at radius 1 is 1.35 bits per heavy atom. The van der Waals surface area contributed by atoms with E-state index in [4.69, 9.17) is 10.5 Å². The molecular weight excluding hydrogens is 212 g/mol. The normalized spacial score (nSPS) is 15.6. The van der Waals surface area contributed by atoms with Gasteiger partial charge in [-0.1, -0.05) is 19.9 Å². The molecule has 0 fully saturated rings. The molecule has 17 heavy (non-hydrogen) atoms. The van der Waals surface area contributed by atoms with E-state index in [-0.39, 0.29) is 17.7 Å². The summed E-state index contributed by atoms with van der Waals surface area (Å²) in [6.07, 6.45) is 3.48. The van der Waals surface area contributed by atoms with E-state index < -0.39 is 0 Å². The van der Waals surface area contributed by atoms with Crippen LogP contribution in [0.15, 0.2) is 24.4 Å². The van der Waals surface area contributed by atoms with Crippen LogP contribution in [0.25, 0.3) is 0 Å². The van der Waals surface area contributed by atoms with Gasteiger partial charge in [-0.05, 0) is 38.8 Å². The maximum atomic E-state index is 6.15. The molecule has 3 heteroatoms. The first-order valence-corrected chi connectivity index (χ1v) is 6.34. The van der Waals surface area contributed by atoms with Gasteiger partial charge in [-0.2, -0.15) is 0 Å². The van der Waals surface area contributed by atoms with Crippen LogP contribution in [0, 0.1) is 0 Å². The van der Waals surface area contributed by atoms with Crippen LogP contribution in [0.5, 0.6) is 0 Å². The number of nitrogens with zero attached hydrogens (tertiary/aromatic N) is 1. The van der Waals surface area contributed by atoms with Crippen LogP contribution >= 0.6 is 0 Å². The molecular formula is C14H24N2O. The van der Waals surface area contributed by atoms with Crippen molar-refractivity contribution in [3.8, 4) is 0 Å². The molecule has 1 rings (SSSR count). The fourth-order valence-electron chi connectivity index (χ4n) is 1.55. The van der Waals surface area contributed by atoms with Crippen molar-refractivity contribution in [2.75, 3.05) is 0 Å². The summed E-state index contributed by atoms with van der Waals surface area (Å²) in [5, 5.41) is 0. The van der Waals surface area contributed by atoms with Gasteiger partial charge in [0, 0.05) is 12.2 Å². The van der Waals surface area contributed by atoms with E-state index >= 15 is 0 Å². The number of aromatic nitrogens is 1. The zero-order chi connectivity index (χ0) is 12.9. The fraction of sp³-hybridized carbons (Fsp3) is 0.643. The summed E-state index contributed by atoms with van der Waals surface area (Å²) in [6, 6.07) is 5.84. The Labute approximate surface area is 104 Å². The number of hydrogen-bond acceptors (Lipinski definition) is 3. The lowest BCUT2D eigenvalue weighted by Gasteiger charge is -2.32. The summed E-state index contributed by atoms with van der Waals surface area (Å²) in [5.41, 5.74) is 6.89. The van der Waals surface area contributed by atoms with E-state index in [1.54, 1.807) is 6.20 Å². The molecule has 0 amide bonds. The summed E-state index contributed by atoms with van der Waals surface area (Å²) in [7, 11) is 0. The fourth-order valence-corrected chi connectivity index (χ4v) is 1.55. The first kappa shape index (κ1) is 14.1. The molecule has 0 radical (unpaired) electrons. The van der Waals surface area contributed by atoms with E-state index in [9.17, 15) is 0 Å². The van der Waals surface area contributed by atoms with Gasteiger partial charge in [0.1, 0.15) is 6.10 Å². The van der Waals surface area contributed by atoms with Crippen molar-refractivity contribution in [3.05, 3.63) is 30.1 Å². The molecule has 0 saturated carbocycles. The molecule has 0 bridgehead atoms. The van der Waals surface area contributed by atoms with Gasteiger partial charge in [0.2, 0.25) is 0 Å². The second-order valence-corrected chi connectivity index (χ2v) is 4.98. The first-order valence-electron chi connectivity index (χ1n) is 6.34. The predicted octanol–water partition coefficient (Wildman–Crippen LogP) is 3.07. The molecule has 1 heterocycles. The van der Waals surface area contributed by atoms with Crippen LogP contribution < -0.4 is 5.73 Å². The van der Waals surface area contributed by atoms with Gasteiger partial charge in [0.15, 0.2) is 0 Å². The molecule has 0 saturated heterocycles. The molecule has 0 aromatic carbocycles. The quantitative estimate of drug-likeness (QED) is 0.825. The van der Waals surface area contributed by atoms with Gasteiger partial charge in [-0.25, -0.2) is 0 Å². The number of ether oxygens (including phenoxy) is 1. The highest BCUT2D eigenvalue weighted by atomic mass is 16.5. The van der Waals surface area contributed by atoms with Gasteiger partial charge in [0.05, 0.1) is 11.3 Å². The molecule has 0 aliphatic rings. The Morgan fingerprint density at radius 2 is 2.06 bits per heavy atom. The summed E-state index contributed by atoms with van der Waals surface area (Å²) in [4.78, 5) is 4.36. The van der Waals surface area contributed by atoms with Gasteiger partial charge in [-0.3, -0.25) is 4.98 Å². The molecule has 1 aromatic rings. The van der Waals surface area contributed by atoms with Crippen molar-refractivity contribution in [2.45, 2.75) is 58.3 Å². The van der Waals surface area contributed by atoms with Gasteiger partial charge < -0.3 is 10.5 Å². The topological polar surface area (TPSA) is 48.1 Å². The Kier molecular flexibility index (Phi) is 5.09. The van der Waals surface area contributed by atoms with Crippen LogP contribution in [0.1, 0.15) is 52.3 Å². The SMILES string of the molecule is CCC(N)C(OC(C)(C)CC)c1ccccn1. The average Bonchev–Trinajstić information content (AvgIpc) is 2.36. The average molecular weight is 236 g/mol. The lowest BCUT2D eigenvalue weighted by molar-refractivity contribution is -0.0875. The van der Waals surface area contributed by atoms with E-state index in [1.165, 1.54) is 0 Å². The zero-order valence-electron chi connectivity index (χ0n) is 11.3. The Balaban J connectivity index is 2.89. The van der Waals surface area contributed by atoms with Crippen LogP contribution in [-0.4, -0.2) is 16.6 Å². The summed E-state index contributed by atoms with van der Waals surface area (Å²) < 4.78 is 6.14. The third-order valence-corrected chi connectivity index (χ3v) is 3.14. The Morgan fingerprint density at radius 3 is 2.53 bits per heavy atom. The number of pyridine rings is 1. The van der Waals surface area contributed by atoms with Crippen LogP contribution in [0.2, 0.25) is 0 Å². The lowest BCUT2D eigenvalue weighted by atomic mass is 10.0. The van der Waals surface area contributed by atoms with E-state index in [0.29, 0.717) is 0 Å². The molecule has 0 spiro atoms. The van der Waals surface area contributed by atoms with E-state index in [2.05, 4.69) is 32.7 Å². The first-order chi connectivity index (χ1) is 8.00. The lowest BCUT2D eigenvalue weighted by Crippen LogP contribution is -2.36. The van der Waals surface area contributed by atoms with Crippen molar-refractivity contribution >= 4 is 0 Å². The monoisotopic (exact) mass is 236 g/mol. The molecule has 1 aromatic heterocycles. The smallest absolute Gasteiger partial charge is 0.115 e. The largest absolute Gasteiger partial charge is 0.364 e. The number of nitrogens with two attached hydrogens (primary N) is 1. The summed E-state index contributed by atoms with van der Waals surface area (Å²) in [6.45, 7) is 8.37. The van der Waals surface area contributed by atoms with Crippen molar-refractivity contribution < 1.29 is 4.74 Å². The number of hydrogen-bond donors (Lipinski definition) is 1. The third kappa shape index (κ3) is 4.10. The van der Waals surface area contributed by atoms with Crippen LogP contribution in [0.4, 0.5) is 0 Å². The highest BCUT2D eigenvalue weighted by Crippen LogP contribution is 2.28. The molecule has 96 valence electrons. The van der Waals surface area contributed by atoms with Crippen molar-refractivity contribution in [2.24, 2.45) is 5.73 Å². The molecule has 2 atom stereocenters. The minimum absolute atomic E-state index is 0.0178. The Bertz CT molecular complexity index is 324. The van der Waals surface area contributed by atoms with Gasteiger partial charge in [-0.15, -0.1) is 0 Å². The van der Waals surface area contributed by atoms with Crippen LogP contribution in [-0.2, 0) is 4.74 Å². The second-order valence-electron chi connectivity index (χ2n) is 4.98. The molecule has 0 aliphatic heterocycles. The molecule has 2 unspecified atom stereocenters. The van der Waals surface area contributed by atoms with Gasteiger partial charge >= 0.3 is 0 Å². The highest BCUT2D eigenvalue weighted by molar-refractivity contribution is 5.09. The van der Waals surface area contributed by atoms with Crippen molar-refractivity contribution in [1.82, 2.24) is 4.98 Å². The maximum Gasteiger partial charge on any atom is 0.115 e. The summed E-state index contributed by atoms with van der Waals surface area (Å²) >= 11 is 0. The molecule has 3 nitrogen and oxygen atoms in total. The summed E-state index contributed by atoms with van der Waals surface area (Å²) in [5.74, 6) is 0. The predicted molar refractivity (Wildman–Crippen MR) is 70.7 cm³/mol. The van der Waals surface area contributed by atoms with Crippen molar-refractivity contribution in [1.29, 1.82) is 0 Å². The molecule has 0 aliphatic carbocycles. The van der Waals surface area contributed by atoms with E-state index in [0.717, 1.165) is 18.5 Å².